The highest BCUT2D eigenvalue weighted by Crippen LogP contribution is 2.28. The highest BCUT2D eigenvalue weighted by Gasteiger charge is 2.13. The summed E-state index contributed by atoms with van der Waals surface area (Å²) in [5.41, 5.74) is 12.2. The lowest BCUT2D eigenvalue weighted by molar-refractivity contribution is 0.0964. The van der Waals surface area contributed by atoms with Gasteiger partial charge < -0.3 is 10.5 Å². The van der Waals surface area contributed by atoms with E-state index in [1.165, 1.54) is 6.33 Å². The molecule has 0 fully saturated rings. The van der Waals surface area contributed by atoms with Gasteiger partial charge in [0.05, 0.1) is 0 Å². The second-order valence-electron chi connectivity index (χ2n) is 5.96. The van der Waals surface area contributed by atoms with Crippen molar-refractivity contribution >= 4 is 28.2 Å². The third-order valence-electron chi connectivity index (χ3n) is 4.13. The average Bonchev–Trinajstić information content (AvgIpc) is 2.74. The van der Waals surface area contributed by atoms with Crippen molar-refractivity contribution in [3.8, 4) is 11.6 Å². The van der Waals surface area contributed by atoms with Gasteiger partial charge in [-0.3, -0.25) is 15.6 Å². The summed E-state index contributed by atoms with van der Waals surface area (Å²) in [4.78, 5) is 20.7. The molecule has 28 heavy (non-hydrogen) atoms. The summed E-state index contributed by atoms with van der Waals surface area (Å²) in [6.07, 6.45) is 1.31. The Morgan fingerprint density at radius 3 is 2.50 bits per heavy atom. The number of benzene rings is 3. The predicted octanol–water partition coefficient (Wildman–Crippen LogP) is 3.76. The molecule has 0 saturated carbocycles. The fourth-order valence-electron chi connectivity index (χ4n) is 2.77. The van der Waals surface area contributed by atoms with Crippen molar-refractivity contribution in [2.24, 2.45) is 0 Å². The van der Waals surface area contributed by atoms with Crippen LogP contribution in [0.1, 0.15) is 10.4 Å². The Kier molecular flexibility index (Phi) is 4.71. The van der Waals surface area contributed by atoms with Crippen molar-refractivity contribution in [1.82, 2.24) is 15.4 Å². The number of nitrogens with two attached hydrogens (primary N) is 1. The van der Waals surface area contributed by atoms with Gasteiger partial charge in [-0.1, -0.05) is 54.6 Å². The number of hydrazine groups is 1. The third-order valence-corrected chi connectivity index (χ3v) is 4.13. The SMILES string of the molecule is Nc1c(NNC(=O)c2cccc3ccccc23)ncnc1Oc1ccccc1. The van der Waals surface area contributed by atoms with E-state index < -0.39 is 0 Å². The highest BCUT2D eigenvalue weighted by atomic mass is 16.5. The molecule has 0 spiro atoms. The lowest BCUT2D eigenvalue weighted by atomic mass is 10.0. The van der Waals surface area contributed by atoms with Crippen molar-refractivity contribution < 1.29 is 9.53 Å². The van der Waals surface area contributed by atoms with E-state index in [-0.39, 0.29) is 23.3 Å². The minimum absolute atomic E-state index is 0.185. The van der Waals surface area contributed by atoms with Crippen LogP contribution in [0, 0.1) is 0 Å². The quantitative estimate of drug-likeness (QED) is 0.462. The van der Waals surface area contributed by atoms with Gasteiger partial charge in [-0.25, -0.2) is 4.98 Å². The number of amides is 1. The molecule has 138 valence electrons. The molecular formula is C21H17N5O2. The molecule has 1 heterocycles. The molecule has 4 aromatic rings. The summed E-state index contributed by atoms with van der Waals surface area (Å²) in [5, 5.41) is 1.84. The molecule has 1 aromatic heterocycles. The van der Waals surface area contributed by atoms with Gasteiger partial charge >= 0.3 is 0 Å². The Morgan fingerprint density at radius 2 is 1.64 bits per heavy atom. The summed E-state index contributed by atoms with van der Waals surface area (Å²) in [5.74, 6) is 0.733. The first-order valence-corrected chi connectivity index (χ1v) is 8.60. The van der Waals surface area contributed by atoms with Gasteiger partial charge in [0.25, 0.3) is 5.91 Å². The number of para-hydroxylation sites is 1. The van der Waals surface area contributed by atoms with Crippen molar-refractivity contribution in [2.75, 3.05) is 11.2 Å². The van der Waals surface area contributed by atoms with Gasteiger partial charge in [0.15, 0.2) is 5.82 Å². The summed E-state index contributed by atoms with van der Waals surface area (Å²) >= 11 is 0. The van der Waals surface area contributed by atoms with Gasteiger partial charge in [-0.2, -0.15) is 4.98 Å². The second-order valence-corrected chi connectivity index (χ2v) is 5.96. The van der Waals surface area contributed by atoms with Crippen LogP contribution in [0.3, 0.4) is 0 Å². The minimum Gasteiger partial charge on any atom is -0.437 e. The lowest BCUT2D eigenvalue weighted by Gasteiger charge is -2.13. The summed E-state index contributed by atoms with van der Waals surface area (Å²) in [6, 6.07) is 22.4. The second kappa shape index (κ2) is 7.63. The number of nitrogen functional groups attached to an aromatic ring is 1. The Morgan fingerprint density at radius 1 is 0.893 bits per heavy atom. The van der Waals surface area contributed by atoms with Crippen molar-refractivity contribution in [3.63, 3.8) is 0 Å². The van der Waals surface area contributed by atoms with Gasteiger partial charge in [-0.15, -0.1) is 0 Å². The van der Waals surface area contributed by atoms with Crippen LogP contribution in [0.2, 0.25) is 0 Å². The smallest absolute Gasteiger partial charge is 0.270 e. The molecule has 0 aliphatic carbocycles. The standard InChI is InChI=1S/C21H17N5O2/c22-18-19(23-13-24-21(18)28-15-9-2-1-3-10-15)25-26-20(27)17-12-6-8-14-7-4-5-11-16(14)17/h1-13H,22H2,(H,26,27)(H,23,24,25). The molecule has 0 aliphatic rings. The summed E-state index contributed by atoms with van der Waals surface area (Å²) in [6.45, 7) is 0. The van der Waals surface area contributed by atoms with Crippen LogP contribution in [-0.2, 0) is 0 Å². The Balaban J connectivity index is 1.52. The molecule has 3 aromatic carbocycles. The molecule has 0 saturated heterocycles. The number of rotatable bonds is 5. The molecule has 0 radical (unpaired) electrons. The van der Waals surface area contributed by atoms with E-state index in [1.54, 1.807) is 18.2 Å². The number of hydrogen-bond donors (Lipinski definition) is 3. The van der Waals surface area contributed by atoms with Crippen LogP contribution < -0.4 is 21.3 Å². The average molecular weight is 371 g/mol. The van der Waals surface area contributed by atoms with Crippen molar-refractivity contribution in [2.45, 2.75) is 0 Å². The van der Waals surface area contributed by atoms with E-state index in [9.17, 15) is 4.79 Å². The maximum atomic E-state index is 12.6. The fraction of sp³-hybridized carbons (Fsp3) is 0. The fourth-order valence-corrected chi connectivity index (χ4v) is 2.77. The zero-order valence-electron chi connectivity index (χ0n) is 14.8. The first-order chi connectivity index (χ1) is 13.7. The number of carbonyl (C=O) groups excluding carboxylic acids is 1. The van der Waals surface area contributed by atoms with E-state index in [4.69, 9.17) is 10.5 Å². The Bertz CT molecular complexity index is 1130. The molecule has 0 bridgehead atoms. The lowest BCUT2D eigenvalue weighted by Crippen LogP contribution is -2.30. The van der Waals surface area contributed by atoms with Gasteiger partial charge in [0.1, 0.15) is 17.8 Å². The van der Waals surface area contributed by atoms with Crippen molar-refractivity contribution in [1.29, 1.82) is 0 Å². The maximum Gasteiger partial charge on any atom is 0.270 e. The number of fused-ring (bicyclic) bond motifs is 1. The summed E-state index contributed by atoms with van der Waals surface area (Å²) in [7, 11) is 0. The number of hydrogen-bond acceptors (Lipinski definition) is 6. The summed E-state index contributed by atoms with van der Waals surface area (Å²) < 4.78 is 5.67. The molecular weight excluding hydrogens is 354 g/mol. The molecule has 4 rings (SSSR count). The number of anilines is 2. The largest absolute Gasteiger partial charge is 0.437 e. The maximum absolute atomic E-state index is 12.6. The molecule has 7 heteroatoms. The van der Waals surface area contributed by atoms with Crippen LogP contribution in [0.4, 0.5) is 11.5 Å². The number of ether oxygens (including phenoxy) is 1. The molecule has 1 amide bonds. The van der Waals surface area contributed by atoms with Crippen LogP contribution in [0.25, 0.3) is 10.8 Å². The number of nitrogens with zero attached hydrogens (tertiary/aromatic N) is 2. The number of nitrogens with one attached hydrogen (secondary N) is 2. The third kappa shape index (κ3) is 3.54. The molecule has 7 nitrogen and oxygen atoms in total. The van der Waals surface area contributed by atoms with Gasteiger partial charge in [0.2, 0.25) is 5.88 Å². The Hall–Kier alpha value is -4.13. The topological polar surface area (TPSA) is 102 Å². The molecule has 0 aliphatic heterocycles. The van der Waals surface area contributed by atoms with Gasteiger partial charge in [-0.05, 0) is 29.0 Å². The first-order valence-electron chi connectivity index (χ1n) is 8.60. The zero-order chi connectivity index (χ0) is 19.3. The molecule has 4 N–H and O–H groups in total. The van der Waals surface area contributed by atoms with E-state index in [0.717, 1.165) is 10.8 Å². The minimum atomic E-state index is -0.305. The monoisotopic (exact) mass is 371 g/mol. The molecule has 0 atom stereocenters. The van der Waals surface area contributed by atoms with Gasteiger partial charge in [0, 0.05) is 5.56 Å². The van der Waals surface area contributed by atoms with Crippen LogP contribution in [0.15, 0.2) is 79.1 Å². The predicted molar refractivity (Wildman–Crippen MR) is 108 cm³/mol. The van der Waals surface area contributed by atoms with Crippen LogP contribution in [0.5, 0.6) is 11.6 Å². The van der Waals surface area contributed by atoms with E-state index in [0.29, 0.717) is 11.3 Å². The number of aromatic nitrogens is 2. The van der Waals surface area contributed by atoms with Crippen molar-refractivity contribution in [3.05, 3.63) is 84.7 Å². The zero-order valence-corrected chi connectivity index (χ0v) is 14.8. The van der Waals surface area contributed by atoms with E-state index >= 15 is 0 Å². The first kappa shape index (κ1) is 17.3. The number of carbonyl (C=O) groups is 1. The van der Waals surface area contributed by atoms with Crippen LogP contribution >= 0.6 is 0 Å². The van der Waals surface area contributed by atoms with Crippen LogP contribution in [-0.4, -0.2) is 15.9 Å². The molecule has 0 unspecified atom stereocenters. The Labute approximate surface area is 161 Å². The highest BCUT2D eigenvalue weighted by molar-refractivity contribution is 6.07. The normalized spacial score (nSPS) is 10.4. The van der Waals surface area contributed by atoms with E-state index in [1.807, 2.05) is 54.6 Å². The van der Waals surface area contributed by atoms with E-state index in [2.05, 4.69) is 20.8 Å².